The lowest BCUT2D eigenvalue weighted by atomic mass is 10.0. The maximum Gasteiger partial charge on any atom is 0.401 e. The molecule has 0 amide bonds. The normalized spacial score (nSPS) is 23.5. The van der Waals surface area contributed by atoms with Gasteiger partial charge < -0.3 is 10.6 Å². The molecule has 2 atom stereocenters. The second kappa shape index (κ2) is 11.6. The Morgan fingerprint density at radius 3 is 2.41 bits per heavy atom. The number of rotatable bonds is 7. The molecule has 2 N–H and O–H groups in total. The summed E-state index contributed by atoms with van der Waals surface area (Å²) in [6, 6.07) is 0.486. The van der Waals surface area contributed by atoms with Crippen LogP contribution in [0.3, 0.4) is 0 Å². The van der Waals surface area contributed by atoms with Crippen molar-refractivity contribution < 1.29 is 13.2 Å². The van der Waals surface area contributed by atoms with Crippen LogP contribution in [0.5, 0.6) is 0 Å². The number of aliphatic imine (C=N–C) groups is 1. The van der Waals surface area contributed by atoms with E-state index in [0.717, 1.165) is 26.1 Å². The summed E-state index contributed by atoms with van der Waals surface area (Å²) in [7, 11) is 1.71. The van der Waals surface area contributed by atoms with Gasteiger partial charge in [0.15, 0.2) is 5.96 Å². The first kappa shape index (κ1) is 24.7. The average molecular weight is 505 g/mol. The van der Waals surface area contributed by atoms with Crippen LogP contribution in [0, 0.1) is 5.92 Å². The maximum absolute atomic E-state index is 12.5. The molecule has 0 bridgehead atoms. The quantitative estimate of drug-likeness (QED) is 0.318. The molecule has 5 nitrogen and oxygen atoms in total. The van der Waals surface area contributed by atoms with Gasteiger partial charge in [0.25, 0.3) is 0 Å². The Bertz CT molecular complexity index is 453. The fraction of sp³-hybridized carbons (Fsp3) is 0.944. The summed E-state index contributed by atoms with van der Waals surface area (Å²) in [5, 5.41) is 6.69. The number of halogens is 4. The first-order valence-electron chi connectivity index (χ1n) is 9.77. The summed E-state index contributed by atoms with van der Waals surface area (Å²) in [4.78, 5) is 8.26. The van der Waals surface area contributed by atoms with Gasteiger partial charge in [-0.2, -0.15) is 13.2 Å². The predicted molar refractivity (Wildman–Crippen MR) is 115 cm³/mol. The molecule has 0 aromatic carbocycles. The molecule has 0 aliphatic carbocycles. The second-order valence-electron chi connectivity index (χ2n) is 7.96. The highest BCUT2D eigenvalue weighted by molar-refractivity contribution is 14.0. The Morgan fingerprint density at radius 1 is 1.19 bits per heavy atom. The summed E-state index contributed by atoms with van der Waals surface area (Å²) in [5.74, 6) is 1.32. The predicted octanol–water partition coefficient (Wildman–Crippen LogP) is 2.92. The zero-order chi connectivity index (χ0) is 19.2. The number of hydrogen-bond donors (Lipinski definition) is 2. The van der Waals surface area contributed by atoms with Crippen molar-refractivity contribution in [2.75, 3.05) is 46.3 Å². The molecule has 0 saturated carbocycles. The van der Waals surface area contributed by atoms with Crippen molar-refractivity contribution >= 4 is 29.9 Å². The lowest BCUT2D eigenvalue weighted by Gasteiger charge is -2.30. The lowest BCUT2D eigenvalue weighted by Crippen LogP contribution is -2.49. The van der Waals surface area contributed by atoms with E-state index in [1.807, 2.05) is 0 Å². The summed E-state index contributed by atoms with van der Waals surface area (Å²) in [6.07, 6.45) is 0.233. The van der Waals surface area contributed by atoms with Gasteiger partial charge in [0.05, 0.1) is 6.54 Å². The second-order valence-corrected chi connectivity index (χ2v) is 7.96. The minimum absolute atomic E-state index is 0. The first-order valence-corrected chi connectivity index (χ1v) is 9.77. The fourth-order valence-electron chi connectivity index (χ4n) is 3.96. The van der Waals surface area contributed by atoms with Crippen molar-refractivity contribution in [2.24, 2.45) is 10.9 Å². The molecule has 0 spiro atoms. The van der Waals surface area contributed by atoms with Crippen molar-refractivity contribution in [2.45, 2.75) is 57.8 Å². The highest BCUT2D eigenvalue weighted by Gasteiger charge is 2.34. The van der Waals surface area contributed by atoms with Gasteiger partial charge in [-0.15, -0.1) is 24.0 Å². The van der Waals surface area contributed by atoms with Crippen LogP contribution in [0.1, 0.15) is 39.5 Å². The third-order valence-electron chi connectivity index (χ3n) is 5.15. The van der Waals surface area contributed by atoms with Crippen molar-refractivity contribution in [3.05, 3.63) is 0 Å². The molecule has 9 heteroatoms. The number of hydrogen-bond acceptors (Lipinski definition) is 3. The number of likely N-dealkylation sites (tertiary alicyclic amines) is 2. The fourth-order valence-corrected chi connectivity index (χ4v) is 3.96. The minimum atomic E-state index is -4.13. The van der Waals surface area contributed by atoms with Crippen LogP contribution in [0.4, 0.5) is 13.2 Å². The Morgan fingerprint density at radius 2 is 1.85 bits per heavy atom. The van der Waals surface area contributed by atoms with Crippen LogP contribution in [0.2, 0.25) is 0 Å². The minimum Gasteiger partial charge on any atom is -0.355 e. The van der Waals surface area contributed by atoms with Crippen LogP contribution in [0.15, 0.2) is 4.99 Å². The Balaban J connectivity index is 0.00000364. The Hall–Kier alpha value is -0.290. The molecule has 2 unspecified atom stereocenters. The van der Waals surface area contributed by atoms with E-state index < -0.39 is 12.7 Å². The van der Waals surface area contributed by atoms with E-state index in [1.165, 1.54) is 17.7 Å². The van der Waals surface area contributed by atoms with Crippen LogP contribution in [0.25, 0.3) is 0 Å². The van der Waals surface area contributed by atoms with Crippen LogP contribution < -0.4 is 10.6 Å². The molecule has 2 aliphatic rings. The molecule has 27 heavy (non-hydrogen) atoms. The third kappa shape index (κ3) is 9.17. The summed E-state index contributed by atoms with van der Waals surface area (Å²) < 4.78 is 37.6. The standard InChI is InChI=1S/C18H34F3N5.HI/c1-14(2)10-16(26-7-4-5-8-26)11-23-17(22-3)24-15-6-9-25(12-15)13-18(19,20)21;/h14-16H,4-13H2,1-3H3,(H2,22,23,24);1H. The largest absolute Gasteiger partial charge is 0.401 e. The molecule has 0 aromatic heterocycles. The van der Waals surface area contributed by atoms with Gasteiger partial charge in [-0.3, -0.25) is 14.8 Å². The SMILES string of the molecule is CN=C(NCC(CC(C)C)N1CCCC1)NC1CCN(CC(F)(F)F)C1.I. The van der Waals surface area contributed by atoms with Crippen LogP contribution in [-0.4, -0.2) is 80.3 Å². The Labute approximate surface area is 178 Å². The molecular weight excluding hydrogens is 470 g/mol. The molecule has 160 valence electrons. The topological polar surface area (TPSA) is 42.9 Å². The van der Waals surface area contributed by atoms with Crippen LogP contribution in [-0.2, 0) is 0 Å². The number of nitrogens with one attached hydrogen (secondary N) is 2. The number of alkyl halides is 3. The highest BCUT2D eigenvalue weighted by Crippen LogP contribution is 2.20. The zero-order valence-corrected chi connectivity index (χ0v) is 19.0. The van der Waals surface area contributed by atoms with E-state index in [2.05, 4.69) is 34.4 Å². The van der Waals surface area contributed by atoms with Crippen LogP contribution >= 0.6 is 24.0 Å². The third-order valence-corrected chi connectivity index (χ3v) is 5.15. The summed E-state index contributed by atoms with van der Waals surface area (Å²) >= 11 is 0. The van der Waals surface area contributed by atoms with Gasteiger partial charge in [0, 0.05) is 38.8 Å². The zero-order valence-electron chi connectivity index (χ0n) is 16.7. The highest BCUT2D eigenvalue weighted by atomic mass is 127. The summed E-state index contributed by atoms with van der Waals surface area (Å²) in [5.41, 5.74) is 0. The van der Waals surface area contributed by atoms with Crippen molar-refractivity contribution in [1.29, 1.82) is 0 Å². The van der Waals surface area contributed by atoms with Gasteiger partial charge in [-0.25, -0.2) is 0 Å². The van der Waals surface area contributed by atoms with E-state index >= 15 is 0 Å². The van der Waals surface area contributed by atoms with Gasteiger partial charge in [0.2, 0.25) is 0 Å². The van der Waals surface area contributed by atoms with Crippen molar-refractivity contribution in [3.63, 3.8) is 0 Å². The number of guanidine groups is 1. The summed E-state index contributed by atoms with van der Waals surface area (Å²) in [6.45, 7) is 7.65. The maximum atomic E-state index is 12.5. The van der Waals surface area contributed by atoms with Gasteiger partial charge in [0.1, 0.15) is 0 Å². The molecule has 0 aromatic rings. The lowest BCUT2D eigenvalue weighted by molar-refractivity contribution is -0.143. The molecule has 0 radical (unpaired) electrons. The van der Waals surface area contributed by atoms with Crippen molar-refractivity contribution in [1.82, 2.24) is 20.4 Å². The number of nitrogens with zero attached hydrogens (tertiary/aromatic N) is 3. The van der Waals surface area contributed by atoms with Gasteiger partial charge >= 0.3 is 6.18 Å². The molecule has 2 rings (SSSR count). The molecule has 2 saturated heterocycles. The van der Waals surface area contributed by atoms with E-state index in [9.17, 15) is 13.2 Å². The molecule has 2 heterocycles. The first-order chi connectivity index (χ1) is 12.3. The average Bonchev–Trinajstić information content (AvgIpc) is 3.20. The Kier molecular flexibility index (Phi) is 10.7. The van der Waals surface area contributed by atoms with Gasteiger partial charge in [-0.1, -0.05) is 13.8 Å². The van der Waals surface area contributed by atoms with Crippen molar-refractivity contribution in [3.8, 4) is 0 Å². The van der Waals surface area contributed by atoms with E-state index in [-0.39, 0.29) is 30.0 Å². The molecule has 2 fully saturated rings. The van der Waals surface area contributed by atoms with E-state index in [1.54, 1.807) is 7.05 Å². The monoisotopic (exact) mass is 505 g/mol. The molecule has 2 aliphatic heterocycles. The van der Waals surface area contributed by atoms with E-state index in [0.29, 0.717) is 37.4 Å². The smallest absolute Gasteiger partial charge is 0.355 e. The van der Waals surface area contributed by atoms with Gasteiger partial charge in [-0.05, 0) is 44.7 Å². The van der Waals surface area contributed by atoms with E-state index in [4.69, 9.17) is 0 Å². The molecular formula is C18H35F3IN5.